The Hall–Kier alpha value is -0.630. The first kappa shape index (κ1) is 7.99. The smallest absolute Gasteiger partial charge is 0.177 e. The zero-order valence-electron chi connectivity index (χ0n) is 6.80. The molecule has 0 N–H and O–H groups in total. The van der Waals surface area contributed by atoms with Crippen LogP contribution in [-0.4, -0.2) is 10.6 Å². The molecule has 1 unspecified atom stereocenters. The van der Waals surface area contributed by atoms with E-state index in [2.05, 4.69) is 22.0 Å². The number of Topliss-reactive ketones (excluding diaryl/α,β-unsaturated/α-hetero) is 1. The highest BCUT2D eigenvalue weighted by molar-refractivity contribution is 9.10. The lowest BCUT2D eigenvalue weighted by atomic mass is 10.1. The highest BCUT2D eigenvalue weighted by Crippen LogP contribution is 2.27. The molecule has 12 heavy (non-hydrogen) atoms. The van der Waals surface area contributed by atoms with Gasteiger partial charge in [0.2, 0.25) is 0 Å². The Morgan fingerprint density at radius 3 is 3.00 bits per heavy atom. The highest BCUT2D eigenvalue weighted by atomic mass is 79.9. The van der Waals surface area contributed by atoms with Crippen molar-refractivity contribution in [1.29, 1.82) is 0 Å². The largest absolute Gasteiger partial charge is 0.293 e. The standard InChI is InChI=1S/C10H9BrO/c1-6-2-3-8-7(4-6)5-9(11)10(8)12/h2-4,9H,5H2,1H3. The Bertz CT molecular complexity index is 344. The van der Waals surface area contributed by atoms with Gasteiger partial charge in [-0.2, -0.15) is 0 Å². The zero-order chi connectivity index (χ0) is 8.72. The van der Waals surface area contributed by atoms with E-state index in [-0.39, 0.29) is 10.6 Å². The van der Waals surface area contributed by atoms with Gasteiger partial charge in [0.1, 0.15) is 0 Å². The first-order chi connectivity index (χ1) is 5.68. The Kier molecular flexibility index (Phi) is 1.80. The number of halogens is 1. The summed E-state index contributed by atoms with van der Waals surface area (Å²) in [4.78, 5) is 11.5. The van der Waals surface area contributed by atoms with Crippen LogP contribution in [0.2, 0.25) is 0 Å². The SMILES string of the molecule is Cc1ccc2c(c1)CC(Br)C2=O. The maximum Gasteiger partial charge on any atom is 0.177 e. The molecule has 1 aliphatic carbocycles. The molecule has 0 radical (unpaired) electrons. The number of aryl methyl sites for hydroxylation is 1. The van der Waals surface area contributed by atoms with Gasteiger partial charge in [-0.25, -0.2) is 0 Å². The molecule has 1 aromatic carbocycles. The van der Waals surface area contributed by atoms with E-state index in [9.17, 15) is 4.79 Å². The van der Waals surface area contributed by atoms with Crippen molar-refractivity contribution in [2.75, 3.05) is 0 Å². The van der Waals surface area contributed by atoms with Crippen molar-refractivity contribution in [3.05, 3.63) is 34.9 Å². The molecule has 0 saturated heterocycles. The molecule has 1 aromatic rings. The van der Waals surface area contributed by atoms with Gasteiger partial charge in [0.25, 0.3) is 0 Å². The quantitative estimate of drug-likeness (QED) is 0.620. The number of hydrogen-bond acceptors (Lipinski definition) is 1. The molecule has 0 aromatic heterocycles. The van der Waals surface area contributed by atoms with Crippen LogP contribution < -0.4 is 0 Å². The second-order valence-electron chi connectivity index (χ2n) is 3.20. The van der Waals surface area contributed by atoms with Crippen LogP contribution in [0.4, 0.5) is 0 Å². The molecule has 1 aliphatic rings. The average molecular weight is 225 g/mol. The van der Waals surface area contributed by atoms with Gasteiger partial charge in [-0.3, -0.25) is 4.79 Å². The lowest BCUT2D eigenvalue weighted by molar-refractivity contribution is 0.100. The first-order valence-corrected chi connectivity index (χ1v) is 4.88. The van der Waals surface area contributed by atoms with Gasteiger partial charge in [-0.05, 0) is 18.9 Å². The summed E-state index contributed by atoms with van der Waals surface area (Å²) in [7, 11) is 0. The predicted molar refractivity (Wildman–Crippen MR) is 51.9 cm³/mol. The number of carbonyl (C=O) groups excluding carboxylic acids is 1. The monoisotopic (exact) mass is 224 g/mol. The molecular formula is C10H9BrO. The molecule has 0 saturated carbocycles. The third-order valence-electron chi connectivity index (χ3n) is 2.21. The Balaban J connectivity index is 2.54. The third-order valence-corrected chi connectivity index (χ3v) is 2.95. The van der Waals surface area contributed by atoms with Gasteiger partial charge < -0.3 is 0 Å². The van der Waals surface area contributed by atoms with Gasteiger partial charge in [-0.1, -0.05) is 39.7 Å². The minimum Gasteiger partial charge on any atom is -0.293 e. The summed E-state index contributed by atoms with van der Waals surface area (Å²) in [5.41, 5.74) is 3.30. The number of hydrogen-bond donors (Lipinski definition) is 0. The van der Waals surface area contributed by atoms with Gasteiger partial charge in [0.05, 0.1) is 4.83 Å². The van der Waals surface area contributed by atoms with E-state index in [4.69, 9.17) is 0 Å². The normalized spacial score (nSPS) is 21.2. The number of benzene rings is 1. The van der Waals surface area contributed by atoms with Crippen molar-refractivity contribution in [1.82, 2.24) is 0 Å². The molecule has 0 bridgehead atoms. The lowest BCUT2D eigenvalue weighted by Crippen LogP contribution is -2.05. The van der Waals surface area contributed by atoms with Crippen molar-refractivity contribution in [2.24, 2.45) is 0 Å². The maximum atomic E-state index is 11.5. The minimum absolute atomic E-state index is 0.00861. The third kappa shape index (κ3) is 1.11. The van der Waals surface area contributed by atoms with Gasteiger partial charge in [-0.15, -0.1) is 0 Å². The van der Waals surface area contributed by atoms with Crippen LogP contribution in [-0.2, 0) is 6.42 Å². The van der Waals surface area contributed by atoms with Gasteiger partial charge in [0, 0.05) is 5.56 Å². The molecule has 62 valence electrons. The van der Waals surface area contributed by atoms with E-state index in [0.717, 1.165) is 12.0 Å². The molecule has 2 rings (SSSR count). The van der Waals surface area contributed by atoms with E-state index >= 15 is 0 Å². The van der Waals surface area contributed by atoms with Crippen molar-refractivity contribution in [3.63, 3.8) is 0 Å². The van der Waals surface area contributed by atoms with Crippen LogP contribution in [0.25, 0.3) is 0 Å². The fraction of sp³-hybridized carbons (Fsp3) is 0.300. The van der Waals surface area contributed by atoms with Crippen molar-refractivity contribution in [2.45, 2.75) is 18.2 Å². The fourth-order valence-corrected chi connectivity index (χ4v) is 2.18. The van der Waals surface area contributed by atoms with Crippen LogP contribution in [0.1, 0.15) is 21.5 Å². The number of alkyl halides is 1. The average Bonchev–Trinajstić information content (AvgIpc) is 2.28. The summed E-state index contributed by atoms with van der Waals surface area (Å²) < 4.78 is 0. The highest BCUT2D eigenvalue weighted by Gasteiger charge is 2.27. The minimum atomic E-state index is 0.00861. The zero-order valence-corrected chi connectivity index (χ0v) is 8.39. The fourth-order valence-electron chi connectivity index (χ4n) is 1.59. The molecule has 0 heterocycles. The van der Waals surface area contributed by atoms with E-state index in [1.165, 1.54) is 11.1 Å². The summed E-state index contributed by atoms with van der Waals surface area (Å²) in [5, 5.41) is 0. The molecule has 0 amide bonds. The second kappa shape index (κ2) is 2.70. The number of ketones is 1. The van der Waals surface area contributed by atoms with Crippen LogP contribution in [0.15, 0.2) is 18.2 Å². The van der Waals surface area contributed by atoms with E-state index in [1.54, 1.807) is 0 Å². The molecule has 2 heteroatoms. The number of rotatable bonds is 0. The topological polar surface area (TPSA) is 17.1 Å². The molecule has 0 fully saturated rings. The van der Waals surface area contributed by atoms with Crippen LogP contribution in [0.3, 0.4) is 0 Å². The van der Waals surface area contributed by atoms with E-state index in [1.807, 2.05) is 19.1 Å². The van der Waals surface area contributed by atoms with Crippen molar-refractivity contribution >= 4 is 21.7 Å². The number of carbonyl (C=O) groups is 1. The van der Waals surface area contributed by atoms with E-state index < -0.39 is 0 Å². The predicted octanol–water partition coefficient (Wildman–Crippen LogP) is 2.50. The summed E-state index contributed by atoms with van der Waals surface area (Å²) in [5.74, 6) is 0.227. The number of fused-ring (bicyclic) bond motifs is 1. The Morgan fingerprint density at radius 2 is 2.25 bits per heavy atom. The summed E-state index contributed by atoms with van der Waals surface area (Å²) in [6.07, 6.45) is 0.843. The second-order valence-corrected chi connectivity index (χ2v) is 4.30. The summed E-state index contributed by atoms with van der Waals surface area (Å²) in [6, 6.07) is 6.00. The summed E-state index contributed by atoms with van der Waals surface area (Å²) >= 11 is 3.36. The molecular weight excluding hydrogens is 216 g/mol. The Morgan fingerprint density at radius 1 is 1.50 bits per heavy atom. The molecule has 1 atom stereocenters. The maximum absolute atomic E-state index is 11.5. The van der Waals surface area contributed by atoms with E-state index in [0.29, 0.717) is 0 Å². The van der Waals surface area contributed by atoms with Crippen molar-refractivity contribution < 1.29 is 4.79 Å². The van der Waals surface area contributed by atoms with Gasteiger partial charge in [0.15, 0.2) is 5.78 Å². The lowest BCUT2D eigenvalue weighted by Gasteiger charge is -1.96. The molecule has 0 aliphatic heterocycles. The first-order valence-electron chi connectivity index (χ1n) is 3.96. The van der Waals surface area contributed by atoms with Gasteiger partial charge >= 0.3 is 0 Å². The van der Waals surface area contributed by atoms with Crippen LogP contribution >= 0.6 is 15.9 Å². The molecule has 1 nitrogen and oxygen atoms in total. The van der Waals surface area contributed by atoms with Crippen LogP contribution in [0.5, 0.6) is 0 Å². The van der Waals surface area contributed by atoms with Crippen LogP contribution in [0, 0.1) is 6.92 Å². The van der Waals surface area contributed by atoms with Crippen molar-refractivity contribution in [3.8, 4) is 0 Å². The molecule has 0 spiro atoms. The summed E-state index contributed by atoms with van der Waals surface area (Å²) in [6.45, 7) is 2.05. The Labute approximate surface area is 79.9 Å².